The van der Waals surface area contributed by atoms with E-state index in [1.807, 2.05) is 0 Å². The van der Waals surface area contributed by atoms with Crippen LogP contribution in [0, 0.1) is 10.1 Å². The Morgan fingerprint density at radius 1 is 1.19 bits per heavy atom. The molecule has 0 spiro atoms. The highest BCUT2D eigenvalue weighted by Gasteiger charge is 2.05. The highest BCUT2D eigenvalue weighted by molar-refractivity contribution is 5.62. The molecule has 1 N–H and O–H groups in total. The van der Waals surface area contributed by atoms with Gasteiger partial charge in [0.2, 0.25) is 0 Å². The summed E-state index contributed by atoms with van der Waals surface area (Å²) in [5, 5.41) is 10.4. The van der Waals surface area contributed by atoms with E-state index in [0.29, 0.717) is 5.56 Å². The van der Waals surface area contributed by atoms with Crippen molar-refractivity contribution in [2.45, 2.75) is 0 Å². The highest BCUT2D eigenvalue weighted by Crippen LogP contribution is 2.20. The van der Waals surface area contributed by atoms with Crippen molar-refractivity contribution >= 4 is 5.69 Å². The van der Waals surface area contributed by atoms with E-state index in [4.69, 9.17) is 0 Å². The largest absolute Gasteiger partial charge is 0.344 e. The number of H-pyrrole nitrogens is 1. The standard InChI is InChI=1S/C10H7N3O3/c14-10-11-5-8(6-12-10)7-1-3-9(4-2-7)13(15)16/h1-6H,(H,11,12,14). The molecule has 0 radical (unpaired) electrons. The molecule has 1 aromatic carbocycles. The summed E-state index contributed by atoms with van der Waals surface area (Å²) in [6, 6.07) is 6.02. The van der Waals surface area contributed by atoms with Gasteiger partial charge in [0.15, 0.2) is 0 Å². The van der Waals surface area contributed by atoms with Gasteiger partial charge >= 0.3 is 5.69 Å². The van der Waals surface area contributed by atoms with Gasteiger partial charge in [0.1, 0.15) is 0 Å². The Bertz CT molecular complexity index is 554. The molecule has 80 valence electrons. The van der Waals surface area contributed by atoms with Crippen LogP contribution in [0.5, 0.6) is 0 Å². The number of aromatic nitrogens is 2. The first-order valence-electron chi connectivity index (χ1n) is 4.46. The summed E-state index contributed by atoms with van der Waals surface area (Å²) in [5.41, 5.74) is 1.07. The zero-order valence-electron chi connectivity index (χ0n) is 8.08. The van der Waals surface area contributed by atoms with Crippen LogP contribution in [-0.2, 0) is 0 Å². The minimum absolute atomic E-state index is 0.0288. The Labute approximate surface area is 89.7 Å². The summed E-state index contributed by atoms with van der Waals surface area (Å²) >= 11 is 0. The lowest BCUT2D eigenvalue weighted by molar-refractivity contribution is -0.384. The molecule has 6 nitrogen and oxygen atoms in total. The van der Waals surface area contributed by atoms with Crippen molar-refractivity contribution in [3.8, 4) is 11.1 Å². The van der Waals surface area contributed by atoms with Gasteiger partial charge in [-0.05, 0) is 17.7 Å². The maximum absolute atomic E-state index is 10.7. The number of nitrogens with zero attached hydrogens (tertiary/aromatic N) is 2. The molecule has 0 fully saturated rings. The quantitative estimate of drug-likeness (QED) is 0.607. The first-order chi connectivity index (χ1) is 7.66. The molecule has 0 saturated carbocycles. The normalized spacial score (nSPS) is 10.0. The number of nitro groups is 1. The summed E-state index contributed by atoms with van der Waals surface area (Å²) < 4.78 is 0. The highest BCUT2D eigenvalue weighted by atomic mass is 16.6. The Kier molecular flexibility index (Phi) is 2.47. The number of nitro benzene ring substituents is 1. The third-order valence-corrected chi connectivity index (χ3v) is 2.08. The number of benzene rings is 1. The molecule has 2 aromatic rings. The lowest BCUT2D eigenvalue weighted by atomic mass is 10.1. The second kappa shape index (κ2) is 3.93. The minimum atomic E-state index is -0.463. The van der Waals surface area contributed by atoms with Crippen molar-refractivity contribution in [2.75, 3.05) is 0 Å². The fourth-order valence-corrected chi connectivity index (χ4v) is 1.28. The second-order valence-corrected chi connectivity index (χ2v) is 3.11. The average molecular weight is 217 g/mol. The van der Waals surface area contributed by atoms with Gasteiger partial charge in [-0.3, -0.25) is 10.1 Å². The van der Waals surface area contributed by atoms with Crippen LogP contribution in [-0.4, -0.2) is 14.9 Å². The molecule has 0 aliphatic heterocycles. The van der Waals surface area contributed by atoms with Gasteiger partial charge in [-0.1, -0.05) is 0 Å². The van der Waals surface area contributed by atoms with Gasteiger partial charge < -0.3 is 4.98 Å². The maximum atomic E-state index is 10.7. The van der Waals surface area contributed by atoms with E-state index < -0.39 is 10.6 Å². The minimum Gasteiger partial charge on any atom is -0.312 e. The third kappa shape index (κ3) is 1.95. The van der Waals surface area contributed by atoms with Crippen LogP contribution in [0.4, 0.5) is 5.69 Å². The van der Waals surface area contributed by atoms with Crippen LogP contribution in [0.2, 0.25) is 0 Å². The molecule has 1 heterocycles. The average Bonchev–Trinajstić information content (AvgIpc) is 2.30. The van der Waals surface area contributed by atoms with Crippen molar-refractivity contribution in [1.82, 2.24) is 9.97 Å². The molecule has 0 aliphatic rings. The van der Waals surface area contributed by atoms with E-state index >= 15 is 0 Å². The van der Waals surface area contributed by atoms with Crippen molar-refractivity contribution in [3.05, 3.63) is 57.3 Å². The molecule has 0 amide bonds. The summed E-state index contributed by atoms with van der Waals surface area (Å²) in [5.74, 6) is 0. The molecule has 0 bridgehead atoms. The Morgan fingerprint density at radius 3 is 2.38 bits per heavy atom. The summed E-state index contributed by atoms with van der Waals surface area (Å²) in [4.78, 5) is 26.7. The summed E-state index contributed by atoms with van der Waals surface area (Å²) in [6.07, 6.45) is 2.93. The molecule has 1 aromatic heterocycles. The maximum Gasteiger partial charge on any atom is 0.344 e. The second-order valence-electron chi connectivity index (χ2n) is 3.11. The van der Waals surface area contributed by atoms with Crippen LogP contribution in [0.1, 0.15) is 0 Å². The zero-order chi connectivity index (χ0) is 11.5. The molecule has 2 rings (SSSR count). The molecule has 0 atom stereocenters. The lowest BCUT2D eigenvalue weighted by Gasteiger charge is -1.99. The number of non-ortho nitro benzene ring substituents is 1. The van der Waals surface area contributed by atoms with Gasteiger partial charge in [-0.25, -0.2) is 9.78 Å². The fraction of sp³-hybridized carbons (Fsp3) is 0. The SMILES string of the molecule is O=c1ncc(-c2ccc([N+](=O)[O-])cc2)c[nH]1. The van der Waals surface area contributed by atoms with Crippen LogP contribution >= 0.6 is 0 Å². The Hall–Kier alpha value is -2.50. The summed E-state index contributed by atoms with van der Waals surface area (Å²) in [6.45, 7) is 0. The molecular weight excluding hydrogens is 210 g/mol. The fourth-order valence-electron chi connectivity index (χ4n) is 1.28. The molecule has 0 saturated heterocycles. The van der Waals surface area contributed by atoms with Crippen LogP contribution in [0.15, 0.2) is 41.5 Å². The van der Waals surface area contributed by atoms with Gasteiger partial charge in [0.25, 0.3) is 5.69 Å². The number of hydrogen-bond donors (Lipinski definition) is 1. The van der Waals surface area contributed by atoms with E-state index in [0.717, 1.165) is 5.56 Å². The molecular formula is C10H7N3O3. The predicted octanol–water partition coefficient (Wildman–Crippen LogP) is 1.35. The summed E-state index contributed by atoms with van der Waals surface area (Å²) in [7, 11) is 0. The topological polar surface area (TPSA) is 88.9 Å². The van der Waals surface area contributed by atoms with E-state index in [2.05, 4.69) is 9.97 Å². The first kappa shape index (κ1) is 10.0. The van der Waals surface area contributed by atoms with Gasteiger partial charge in [-0.15, -0.1) is 0 Å². The van der Waals surface area contributed by atoms with Gasteiger partial charge in [0.05, 0.1) is 4.92 Å². The zero-order valence-corrected chi connectivity index (χ0v) is 8.08. The number of hydrogen-bond acceptors (Lipinski definition) is 4. The third-order valence-electron chi connectivity index (χ3n) is 2.08. The van der Waals surface area contributed by atoms with Gasteiger partial charge in [-0.2, -0.15) is 0 Å². The molecule has 0 aliphatic carbocycles. The van der Waals surface area contributed by atoms with Crippen molar-refractivity contribution < 1.29 is 4.92 Å². The van der Waals surface area contributed by atoms with E-state index in [1.165, 1.54) is 24.5 Å². The molecule has 0 unspecified atom stereocenters. The smallest absolute Gasteiger partial charge is 0.312 e. The van der Waals surface area contributed by atoms with Gasteiger partial charge in [0, 0.05) is 30.1 Å². The Balaban J connectivity index is 2.38. The monoisotopic (exact) mass is 217 g/mol. The van der Waals surface area contributed by atoms with Crippen molar-refractivity contribution in [2.24, 2.45) is 0 Å². The van der Waals surface area contributed by atoms with Crippen LogP contribution < -0.4 is 5.69 Å². The Morgan fingerprint density at radius 2 is 1.88 bits per heavy atom. The lowest BCUT2D eigenvalue weighted by Crippen LogP contribution is -2.07. The van der Waals surface area contributed by atoms with E-state index in [1.54, 1.807) is 12.1 Å². The first-order valence-corrected chi connectivity index (χ1v) is 4.46. The molecule has 16 heavy (non-hydrogen) atoms. The number of rotatable bonds is 2. The van der Waals surface area contributed by atoms with E-state index in [9.17, 15) is 14.9 Å². The molecule has 6 heteroatoms. The van der Waals surface area contributed by atoms with E-state index in [-0.39, 0.29) is 5.69 Å². The van der Waals surface area contributed by atoms with Crippen LogP contribution in [0.25, 0.3) is 11.1 Å². The van der Waals surface area contributed by atoms with Crippen molar-refractivity contribution in [1.29, 1.82) is 0 Å². The van der Waals surface area contributed by atoms with Crippen LogP contribution in [0.3, 0.4) is 0 Å². The van der Waals surface area contributed by atoms with Crippen molar-refractivity contribution in [3.63, 3.8) is 0 Å². The number of nitrogens with one attached hydrogen (secondary N) is 1. The predicted molar refractivity (Wildman–Crippen MR) is 56.9 cm³/mol. The number of aromatic amines is 1.